The highest BCUT2D eigenvalue weighted by Crippen LogP contribution is 2.12. The Kier molecular flexibility index (Phi) is 4.29. The molecule has 0 saturated carbocycles. The van der Waals surface area contributed by atoms with Crippen LogP contribution in [0.25, 0.3) is 11.0 Å². The summed E-state index contributed by atoms with van der Waals surface area (Å²) in [5.74, 6) is -0.625. The molecule has 10 heteroatoms. The van der Waals surface area contributed by atoms with Crippen LogP contribution in [-0.4, -0.2) is 49.8 Å². The maximum Gasteiger partial charge on any atom is 0.270 e. The minimum absolute atomic E-state index is 0.00929. The summed E-state index contributed by atoms with van der Waals surface area (Å²) in [6.07, 6.45) is 1.46. The Morgan fingerprint density at radius 2 is 2.25 bits per heavy atom. The topological polar surface area (TPSA) is 128 Å². The number of fused-ring (bicyclic) bond motifs is 1. The molecule has 3 aromatic rings. The van der Waals surface area contributed by atoms with E-state index in [4.69, 9.17) is 4.74 Å². The minimum atomic E-state index is -0.616. The van der Waals surface area contributed by atoms with Crippen LogP contribution in [0, 0.1) is 6.92 Å². The van der Waals surface area contributed by atoms with Crippen LogP contribution in [0.3, 0.4) is 0 Å². The summed E-state index contributed by atoms with van der Waals surface area (Å²) in [6, 6.07) is 3.39. The van der Waals surface area contributed by atoms with Gasteiger partial charge in [0.25, 0.3) is 11.9 Å². The van der Waals surface area contributed by atoms with Crippen molar-refractivity contribution in [1.82, 2.24) is 30.2 Å². The molecule has 0 aromatic carbocycles. The maximum atomic E-state index is 12.6. The highest BCUT2D eigenvalue weighted by molar-refractivity contribution is 6.04. The molecule has 0 saturated heterocycles. The lowest BCUT2D eigenvalue weighted by atomic mass is 10.1. The molecule has 0 aliphatic rings. The molecule has 1 amide bonds. The number of aromatic nitrogens is 6. The van der Waals surface area contributed by atoms with Gasteiger partial charge < -0.3 is 9.30 Å². The first kappa shape index (κ1) is 15.7. The van der Waals surface area contributed by atoms with Gasteiger partial charge in [-0.2, -0.15) is 5.21 Å². The van der Waals surface area contributed by atoms with Crippen LogP contribution in [0.2, 0.25) is 0 Å². The average Bonchev–Trinajstić information content (AvgIpc) is 3.07. The van der Waals surface area contributed by atoms with E-state index in [1.165, 1.54) is 6.20 Å². The van der Waals surface area contributed by atoms with Crippen molar-refractivity contribution >= 4 is 22.9 Å². The maximum absolute atomic E-state index is 12.6. The summed E-state index contributed by atoms with van der Waals surface area (Å²) in [6.45, 7) is 2.70. The Morgan fingerprint density at radius 1 is 1.42 bits per heavy atom. The third-order valence-corrected chi connectivity index (χ3v) is 3.41. The minimum Gasteiger partial charge on any atom is -0.383 e. The second-order valence-corrected chi connectivity index (χ2v) is 5.07. The van der Waals surface area contributed by atoms with Crippen LogP contribution in [0.15, 0.2) is 23.1 Å². The lowest BCUT2D eigenvalue weighted by molar-refractivity contribution is 0.102. The zero-order valence-corrected chi connectivity index (χ0v) is 13.1. The fourth-order valence-electron chi connectivity index (χ4n) is 2.27. The van der Waals surface area contributed by atoms with Crippen LogP contribution in [0.1, 0.15) is 16.1 Å². The van der Waals surface area contributed by atoms with Gasteiger partial charge in [0.1, 0.15) is 11.2 Å². The van der Waals surface area contributed by atoms with Gasteiger partial charge in [-0.15, -0.1) is 5.10 Å². The van der Waals surface area contributed by atoms with Crippen molar-refractivity contribution in [3.05, 3.63) is 39.8 Å². The number of H-pyrrole nitrogens is 1. The average molecular weight is 329 g/mol. The zero-order chi connectivity index (χ0) is 17.1. The number of nitrogens with one attached hydrogen (secondary N) is 2. The summed E-state index contributed by atoms with van der Waals surface area (Å²) in [4.78, 5) is 29.4. The first-order valence-corrected chi connectivity index (χ1v) is 7.14. The molecule has 0 unspecified atom stereocenters. The molecule has 0 bridgehead atoms. The van der Waals surface area contributed by atoms with Gasteiger partial charge in [0.05, 0.1) is 12.0 Å². The summed E-state index contributed by atoms with van der Waals surface area (Å²) >= 11 is 0. The number of anilines is 1. The number of pyridine rings is 2. The number of methoxy groups -OCH3 is 1. The quantitative estimate of drug-likeness (QED) is 0.680. The molecular formula is C14H15N7O3. The van der Waals surface area contributed by atoms with Gasteiger partial charge in [-0.3, -0.25) is 14.9 Å². The first-order valence-electron chi connectivity index (χ1n) is 7.14. The largest absolute Gasteiger partial charge is 0.383 e. The Labute approximate surface area is 135 Å². The number of rotatable bonds is 5. The lowest BCUT2D eigenvalue weighted by Crippen LogP contribution is -2.25. The number of aromatic amines is 1. The Balaban J connectivity index is 2.10. The molecular weight excluding hydrogens is 314 g/mol. The molecule has 0 atom stereocenters. The molecule has 3 rings (SSSR count). The van der Waals surface area contributed by atoms with E-state index in [-0.39, 0.29) is 11.5 Å². The summed E-state index contributed by atoms with van der Waals surface area (Å²) in [7, 11) is 1.58. The van der Waals surface area contributed by atoms with Crippen LogP contribution in [-0.2, 0) is 11.3 Å². The van der Waals surface area contributed by atoms with Crippen molar-refractivity contribution in [2.45, 2.75) is 13.5 Å². The van der Waals surface area contributed by atoms with Crippen molar-refractivity contribution in [1.29, 1.82) is 0 Å². The van der Waals surface area contributed by atoms with Gasteiger partial charge in [-0.25, -0.2) is 4.98 Å². The number of amides is 1. The molecule has 0 radical (unpaired) electrons. The van der Waals surface area contributed by atoms with E-state index in [1.807, 2.05) is 6.92 Å². The lowest BCUT2D eigenvalue weighted by Gasteiger charge is -2.12. The molecule has 3 aromatic heterocycles. The number of nitrogens with zero attached hydrogens (tertiary/aromatic N) is 5. The van der Waals surface area contributed by atoms with Crippen LogP contribution in [0.4, 0.5) is 5.95 Å². The predicted octanol–water partition coefficient (Wildman–Crippen LogP) is 0.117. The normalized spacial score (nSPS) is 10.9. The number of carbonyl (C=O) groups is 1. The third-order valence-electron chi connectivity index (χ3n) is 3.41. The predicted molar refractivity (Wildman–Crippen MR) is 84.7 cm³/mol. The highest BCUT2D eigenvalue weighted by Gasteiger charge is 2.17. The summed E-state index contributed by atoms with van der Waals surface area (Å²) < 4.78 is 6.80. The van der Waals surface area contributed by atoms with E-state index >= 15 is 0 Å². The van der Waals surface area contributed by atoms with Crippen molar-refractivity contribution in [2.75, 3.05) is 19.0 Å². The Hall–Kier alpha value is -3.14. The second kappa shape index (κ2) is 6.54. The molecule has 24 heavy (non-hydrogen) atoms. The monoisotopic (exact) mass is 329 g/mol. The van der Waals surface area contributed by atoms with E-state index in [0.717, 1.165) is 5.69 Å². The number of hydrogen-bond donors (Lipinski definition) is 2. The van der Waals surface area contributed by atoms with Crippen LogP contribution >= 0.6 is 0 Å². The molecule has 10 nitrogen and oxygen atoms in total. The van der Waals surface area contributed by atoms with Gasteiger partial charge in [0.15, 0.2) is 0 Å². The molecule has 3 heterocycles. The smallest absolute Gasteiger partial charge is 0.270 e. The van der Waals surface area contributed by atoms with Crippen LogP contribution < -0.4 is 10.7 Å². The molecule has 124 valence electrons. The van der Waals surface area contributed by atoms with E-state index in [0.29, 0.717) is 24.2 Å². The molecule has 2 N–H and O–H groups in total. The third kappa shape index (κ3) is 2.99. The number of aryl methyl sites for hydroxylation is 1. The van der Waals surface area contributed by atoms with Crippen molar-refractivity contribution in [2.24, 2.45) is 0 Å². The molecule has 0 spiro atoms. The highest BCUT2D eigenvalue weighted by atomic mass is 16.5. The summed E-state index contributed by atoms with van der Waals surface area (Å²) in [5.41, 5.74) is 0.839. The SMILES string of the molecule is COCCn1cc(C(=O)Nc2nn[nH]n2)c(=O)c2ccc(C)nc21. The van der Waals surface area contributed by atoms with Crippen molar-refractivity contribution < 1.29 is 9.53 Å². The van der Waals surface area contributed by atoms with Gasteiger partial charge in [-0.05, 0) is 24.3 Å². The van der Waals surface area contributed by atoms with E-state index in [1.54, 1.807) is 23.8 Å². The Bertz CT molecular complexity index is 933. The van der Waals surface area contributed by atoms with Crippen LogP contribution in [0.5, 0.6) is 0 Å². The second-order valence-electron chi connectivity index (χ2n) is 5.07. The van der Waals surface area contributed by atoms with E-state index in [9.17, 15) is 9.59 Å². The molecule has 0 aliphatic carbocycles. The zero-order valence-electron chi connectivity index (χ0n) is 13.1. The standard InChI is InChI=1S/C14H15N7O3/c1-8-3-4-9-11(22)10(13(23)16-14-17-19-20-18-14)7-21(5-6-24-2)12(9)15-8/h3-4,7H,5-6H2,1-2H3,(H2,16,17,18,19,20,23). The fourth-order valence-corrected chi connectivity index (χ4v) is 2.27. The number of ether oxygens (including phenoxy) is 1. The number of tetrazole rings is 1. The van der Waals surface area contributed by atoms with Gasteiger partial charge >= 0.3 is 0 Å². The van der Waals surface area contributed by atoms with E-state index < -0.39 is 11.3 Å². The number of carbonyl (C=O) groups excluding carboxylic acids is 1. The number of hydrogen-bond acceptors (Lipinski definition) is 7. The van der Waals surface area contributed by atoms with Gasteiger partial charge in [-0.1, -0.05) is 5.10 Å². The first-order chi connectivity index (χ1) is 11.6. The van der Waals surface area contributed by atoms with Crippen molar-refractivity contribution in [3.63, 3.8) is 0 Å². The Morgan fingerprint density at radius 3 is 2.96 bits per heavy atom. The van der Waals surface area contributed by atoms with Gasteiger partial charge in [0, 0.05) is 25.5 Å². The fraction of sp³-hybridized carbons (Fsp3) is 0.286. The molecule has 0 fully saturated rings. The summed E-state index contributed by atoms with van der Waals surface area (Å²) in [5, 5.41) is 15.6. The van der Waals surface area contributed by atoms with Gasteiger partial charge in [0.2, 0.25) is 5.43 Å². The molecule has 0 aliphatic heterocycles. The van der Waals surface area contributed by atoms with Crippen molar-refractivity contribution in [3.8, 4) is 0 Å². The van der Waals surface area contributed by atoms with E-state index in [2.05, 4.69) is 30.9 Å².